The first-order valence-electron chi connectivity index (χ1n) is 4.00. The molecule has 0 aliphatic carbocycles. The summed E-state index contributed by atoms with van der Waals surface area (Å²) in [5, 5.41) is 31.2. The third-order valence-corrected chi connectivity index (χ3v) is 1.57. The Morgan fingerprint density at radius 1 is 0.895 bits per heavy atom. The number of carbonyl (C=O) groups is 4. The van der Waals surface area contributed by atoms with Crippen LogP contribution in [0.25, 0.3) is 0 Å². The van der Waals surface area contributed by atoms with Gasteiger partial charge in [0.05, 0.1) is 5.97 Å². The normalized spacial score (nSPS) is 8.89. The van der Waals surface area contributed by atoms with Gasteiger partial charge in [0.25, 0.3) is 0 Å². The number of hydrogen-bond donors (Lipinski definition) is 0. The zero-order chi connectivity index (χ0) is 12.9. The van der Waals surface area contributed by atoms with Crippen molar-refractivity contribution in [1.82, 2.24) is 0 Å². The molecule has 0 aromatic carbocycles. The molecule has 0 atom stereocenters. The Labute approximate surface area is 175 Å². The largest absolute Gasteiger partial charge is 1.00 e. The number of hydrogen-bond acceptors (Lipinski definition) is 8. The SMILES string of the molecule is CC(=O)OC(CC(=O)[O-])(CC(=O)[O-])C(=O)[O-].[Na+].[Na+].[Na+]. The van der Waals surface area contributed by atoms with E-state index in [-0.39, 0.29) is 88.7 Å². The van der Waals surface area contributed by atoms with Crippen molar-refractivity contribution in [3.63, 3.8) is 0 Å². The number of rotatable bonds is 6. The number of carboxylic acid groups (broad SMARTS) is 3. The molecule has 0 spiro atoms. The summed E-state index contributed by atoms with van der Waals surface area (Å²) in [5.41, 5.74) is -2.80. The van der Waals surface area contributed by atoms with Crippen LogP contribution in [0.3, 0.4) is 0 Å². The molecule has 0 aromatic heterocycles. The van der Waals surface area contributed by atoms with Gasteiger partial charge in [-0.15, -0.1) is 0 Å². The first-order valence-corrected chi connectivity index (χ1v) is 4.00. The maximum Gasteiger partial charge on any atom is 1.00 e. The van der Waals surface area contributed by atoms with Gasteiger partial charge in [0.2, 0.25) is 0 Å². The number of carboxylic acids is 3. The molecule has 0 aliphatic rings. The maximum atomic E-state index is 10.7. The van der Waals surface area contributed by atoms with Crippen molar-refractivity contribution in [3.8, 4) is 0 Å². The van der Waals surface area contributed by atoms with Crippen LogP contribution in [0.4, 0.5) is 0 Å². The molecular weight excluding hydrogens is 293 g/mol. The number of carbonyl (C=O) groups excluding carboxylic acids is 4. The van der Waals surface area contributed by atoms with Crippen LogP contribution < -0.4 is 104 Å². The molecule has 0 aromatic rings. The second kappa shape index (κ2) is 12.6. The average molecular weight is 300 g/mol. The van der Waals surface area contributed by atoms with E-state index in [1.807, 2.05) is 0 Å². The Morgan fingerprint density at radius 3 is 1.37 bits per heavy atom. The molecule has 0 heterocycles. The smallest absolute Gasteiger partial charge is 0.550 e. The van der Waals surface area contributed by atoms with Crippen molar-refractivity contribution in [2.24, 2.45) is 0 Å². The summed E-state index contributed by atoms with van der Waals surface area (Å²) >= 11 is 0. The van der Waals surface area contributed by atoms with Gasteiger partial charge >= 0.3 is 94.6 Å². The minimum atomic E-state index is -2.80. The van der Waals surface area contributed by atoms with Gasteiger partial charge in [-0.05, 0) is 0 Å². The van der Waals surface area contributed by atoms with Gasteiger partial charge < -0.3 is 34.4 Å². The molecule has 0 saturated carbocycles. The molecule has 90 valence electrons. The summed E-state index contributed by atoms with van der Waals surface area (Å²) < 4.78 is 4.18. The second-order valence-electron chi connectivity index (χ2n) is 2.97. The minimum absolute atomic E-state index is 0. The standard InChI is InChI=1S/C8H10O8.3Na/c1-4(9)16-8(7(14)15,2-5(10)11)3-6(12)13;;;/h2-3H2,1H3,(H,10,11)(H,12,13)(H,14,15);;;/q;3*+1/p-3. The van der Waals surface area contributed by atoms with Crippen molar-refractivity contribution in [2.45, 2.75) is 25.4 Å². The Balaban J connectivity index is -0.000000375. The van der Waals surface area contributed by atoms with Crippen LogP contribution in [0.1, 0.15) is 19.8 Å². The molecule has 8 nitrogen and oxygen atoms in total. The zero-order valence-corrected chi connectivity index (χ0v) is 17.2. The fourth-order valence-electron chi connectivity index (χ4n) is 1.06. The predicted molar refractivity (Wildman–Crippen MR) is 38.8 cm³/mol. The molecule has 11 heteroatoms. The van der Waals surface area contributed by atoms with Crippen LogP contribution in [0.2, 0.25) is 0 Å². The Hall–Kier alpha value is 0.880. The molecule has 0 rings (SSSR count). The maximum absolute atomic E-state index is 10.7. The van der Waals surface area contributed by atoms with Gasteiger partial charge in [0.1, 0.15) is 0 Å². The van der Waals surface area contributed by atoms with Crippen LogP contribution in [0.5, 0.6) is 0 Å². The molecule has 0 aliphatic heterocycles. The molecule has 0 bridgehead atoms. The quantitative estimate of drug-likeness (QED) is 0.347. The monoisotopic (exact) mass is 300 g/mol. The van der Waals surface area contributed by atoms with Gasteiger partial charge in [-0.1, -0.05) is 0 Å². The number of ether oxygens (including phenoxy) is 1. The molecule has 0 radical (unpaired) electrons. The Bertz CT molecular complexity index is 302. The van der Waals surface area contributed by atoms with Crippen LogP contribution in [-0.4, -0.2) is 29.5 Å². The van der Waals surface area contributed by atoms with Gasteiger partial charge in [0, 0.05) is 31.7 Å². The van der Waals surface area contributed by atoms with Crippen LogP contribution in [0.15, 0.2) is 0 Å². The van der Waals surface area contributed by atoms with Crippen molar-refractivity contribution < 1.29 is 128 Å². The van der Waals surface area contributed by atoms with Gasteiger partial charge in [-0.3, -0.25) is 4.79 Å². The predicted octanol–water partition coefficient (Wildman–Crippen LogP) is -13.7. The van der Waals surface area contributed by atoms with E-state index in [1.54, 1.807) is 0 Å². The molecule has 0 fully saturated rings. The Morgan fingerprint density at radius 2 is 1.21 bits per heavy atom. The topological polar surface area (TPSA) is 147 Å². The minimum Gasteiger partial charge on any atom is -0.550 e. The van der Waals surface area contributed by atoms with Crippen molar-refractivity contribution in [2.75, 3.05) is 0 Å². The van der Waals surface area contributed by atoms with Crippen molar-refractivity contribution >= 4 is 23.9 Å². The average Bonchev–Trinajstić information content (AvgIpc) is 1.98. The van der Waals surface area contributed by atoms with E-state index in [9.17, 15) is 34.5 Å². The van der Waals surface area contributed by atoms with E-state index in [0.717, 1.165) is 6.92 Å². The van der Waals surface area contributed by atoms with Gasteiger partial charge in [0.15, 0.2) is 5.60 Å². The first-order chi connectivity index (χ1) is 7.19. The van der Waals surface area contributed by atoms with Gasteiger partial charge in [-0.25, -0.2) is 0 Å². The molecule has 0 unspecified atom stereocenters. The summed E-state index contributed by atoms with van der Waals surface area (Å²) in [6.45, 7) is 0.794. The summed E-state index contributed by atoms with van der Waals surface area (Å²) in [6, 6.07) is 0. The molecule has 0 amide bonds. The van der Waals surface area contributed by atoms with E-state index < -0.39 is 42.3 Å². The van der Waals surface area contributed by atoms with Crippen LogP contribution in [0, 0.1) is 0 Å². The molecular formula is C8H7Na3O8. The van der Waals surface area contributed by atoms with E-state index in [2.05, 4.69) is 4.74 Å². The third kappa shape index (κ3) is 11.2. The molecule has 19 heavy (non-hydrogen) atoms. The second-order valence-corrected chi connectivity index (χ2v) is 2.97. The van der Waals surface area contributed by atoms with E-state index in [4.69, 9.17) is 0 Å². The first kappa shape index (κ1) is 28.1. The number of esters is 1. The fraction of sp³-hybridized carbons (Fsp3) is 0.500. The van der Waals surface area contributed by atoms with Gasteiger partial charge in [-0.2, -0.15) is 0 Å². The van der Waals surface area contributed by atoms with Crippen LogP contribution in [-0.2, 0) is 23.9 Å². The van der Waals surface area contributed by atoms with E-state index in [1.165, 1.54) is 0 Å². The summed E-state index contributed by atoms with van der Waals surface area (Å²) in [7, 11) is 0. The Kier molecular flexibility index (Phi) is 18.6. The number of aliphatic carboxylic acids is 3. The van der Waals surface area contributed by atoms with Crippen molar-refractivity contribution in [3.05, 3.63) is 0 Å². The summed E-state index contributed by atoms with van der Waals surface area (Å²) in [4.78, 5) is 41.8. The summed E-state index contributed by atoms with van der Waals surface area (Å²) in [5.74, 6) is -7.10. The van der Waals surface area contributed by atoms with Crippen LogP contribution >= 0.6 is 0 Å². The molecule has 0 saturated heterocycles. The summed E-state index contributed by atoms with van der Waals surface area (Å²) in [6.07, 6.45) is -2.66. The fourth-order valence-corrected chi connectivity index (χ4v) is 1.06. The third-order valence-electron chi connectivity index (χ3n) is 1.57. The van der Waals surface area contributed by atoms with E-state index in [0.29, 0.717) is 0 Å². The van der Waals surface area contributed by atoms with Crippen molar-refractivity contribution in [1.29, 1.82) is 0 Å². The van der Waals surface area contributed by atoms with E-state index >= 15 is 0 Å². The molecule has 0 N–H and O–H groups in total. The zero-order valence-electron chi connectivity index (χ0n) is 11.2.